The molecule has 0 radical (unpaired) electrons. The van der Waals surface area contributed by atoms with Gasteiger partial charge in [0.2, 0.25) is 5.91 Å². The molecule has 1 aliphatic heterocycles. The summed E-state index contributed by atoms with van der Waals surface area (Å²) in [5.74, 6) is 0.0145. The van der Waals surface area contributed by atoms with Crippen LogP contribution in [0.2, 0.25) is 5.02 Å². The zero-order chi connectivity index (χ0) is 21.7. The topological polar surface area (TPSA) is 110 Å². The molecule has 0 spiro atoms. The van der Waals surface area contributed by atoms with Gasteiger partial charge in [0.05, 0.1) is 23.0 Å². The zero-order valence-electron chi connectivity index (χ0n) is 16.2. The molecule has 0 aliphatic carbocycles. The molecule has 154 valence electrons. The van der Waals surface area contributed by atoms with Crippen molar-refractivity contribution >= 4 is 40.0 Å². The Balaban J connectivity index is 1.74. The number of hydrogen-bond donors (Lipinski definition) is 2. The number of phenols is 1. The summed E-state index contributed by atoms with van der Waals surface area (Å²) < 4.78 is 1.75. The van der Waals surface area contributed by atoms with Gasteiger partial charge in [0.25, 0.3) is 0 Å². The number of nitrogen functional groups attached to an aromatic ring is 1. The van der Waals surface area contributed by atoms with Gasteiger partial charge >= 0.3 is 0 Å². The van der Waals surface area contributed by atoms with E-state index in [-0.39, 0.29) is 28.5 Å². The molecular weight excluding hydrogens is 416 g/mol. The minimum absolute atomic E-state index is 0.0637. The molecule has 0 bridgehead atoms. The molecule has 3 N–H and O–H groups in total. The number of fused-ring (bicyclic) bond motifs is 2. The van der Waals surface area contributed by atoms with Crippen LogP contribution in [0.15, 0.2) is 61.4 Å². The molecule has 1 amide bonds. The van der Waals surface area contributed by atoms with Crippen LogP contribution in [-0.2, 0) is 4.79 Å². The van der Waals surface area contributed by atoms with Crippen LogP contribution < -0.4 is 10.6 Å². The molecule has 9 heteroatoms. The number of aromatic hydroxyl groups is 1. The lowest BCUT2D eigenvalue weighted by Crippen LogP contribution is -2.29. The molecule has 1 unspecified atom stereocenters. The zero-order valence-corrected chi connectivity index (χ0v) is 17.0. The lowest BCUT2D eigenvalue weighted by molar-refractivity contribution is -0.114. The van der Waals surface area contributed by atoms with E-state index < -0.39 is 0 Å². The first kappa shape index (κ1) is 19.1. The van der Waals surface area contributed by atoms with E-state index in [4.69, 9.17) is 22.4 Å². The molecule has 2 aromatic heterocycles. The summed E-state index contributed by atoms with van der Waals surface area (Å²) in [6, 6.07) is 12.2. The maximum Gasteiger partial charge on any atom is 0.250 e. The van der Waals surface area contributed by atoms with E-state index >= 15 is 0 Å². The van der Waals surface area contributed by atoms with Gasteiger partial charge in [-0.25, -0.2) is 14.6 Å². The Hall–Kier alpha value is -3.91. The number of phenolic OH excluding ortho intramolecular Hbond substituents is 1. The monoisotopic (exact) mass is 432 g/mol. The minimum Gasteiger partial charge on any atom is -0.506 e. The Morgan fingerprint density at radius 1 is 1.26 bits per heavy atom. The fourth-order valence-electron chi connectivity index (χ4n) is 3.99. The smallest absolute Gasteiger partial charge is 0.250 e. The number of rotatable bonds is 3. The largest absolute Gasteiger partial charge is 0.506 e. The predicted octanol–water partition coefficient (Wildman–Crippen LogP) is 3.56. The summed E-state index contributed by atoms with van der Waals surface area (Å²) >= 11 is 5.97. The van der Waals surface area contributed by atoms with Crippen molar-refractivity contribution in [3.8, 4) is 17.0 Å². The number of halogens is 1. The maximum atomic E-state index is 12.5. The van der Waals surface area contributed by atoms with Gasteiger partial charge in [-0.1, -0.05) is 42.4 Å². The van der Waals surface area contributed by atoms with E-state index in [0.29, 0.717) is 28.8 Å². The van der Waals surface area contributed by atoms with Crippen LogP contribution in [0.3, 0.4) is 0 Å². The Bertz CT molecular complexity index is 1370. The Morgan fingerprint density at radius 2 is 2.06 bits per heavy atom. The van der Waals surface area contributed by atoms with Gasteiger partial charge in [-0.3, -0.25) is 4.79 Å². The van der Waals surface area contributed by atoms with Crippen molar-refractivity contribution in [2.75, 3.05) is 17.2 Å². The van der Waals surface area contributed by atoms with Gasteiger partial charge in [0.1, 0.15) is 23.6 Å². The molecule has 0 saturated heterocycles. The number of carbonyl (C=O) groups excluding carboxylic acids is 1. The van der Waals surface area contributed by atoms with E-state index in [2.05, 4.69) is 16.5 Å². The van der Waals surface area contributed by atoms with Crippen molar-refractivity contribution < 1.29 is 9.90 Å². The van der Waals surface area contributed by atoms with Crippen molar-refractivity contribution in [2.24, 2.45) is 0 Å². The number of nitrogens with zero attached hydrogens (tertiary/aromatic N) is 5. The normalized spacial score (nSPS) is 15.3. The van der Waals surface area contributed by atoms with E-state index in [1.54, 1.807) is 21.7 Å². The van der Waals surface area contributed by atoms with Gasteiger partial charge in [-0.05, 0) is 24.3 Å². The number of nitrogens with two attached hydrogens (primary N) is 1. The SMILES string of the molecule is C=CC(=O)N1CC(n2nc(-c3ccc(Cl)c(O)c3)c3c(N)ncnc32)c2ccccc21. The van der Waals surface area contributed by atoms with E-state index in [9.17, 15) is 9.90 Å². The van der Waals surface area contributed by atoms with E-state index in [1.807, 2.05) is 24.3 Å². The second-order valence-corrected chi connectivity index (χ2v) is 7.55. The molecule has 1 atom stereocenters. The van der Waals surface area contributed by atoms with Crippen LogP contribution in [-0.4, -0.2) is 37.3 Å². The first-order chi connectivity index (χ1) is 15.0. The summed E-state index contributed by atoms with van der Waals surface area (Å²) in [5.41, 5.74) is 9.60. The third-order valence-electron chi connectivity index (χ3n) is 5.42. The third-order valence-corrected chi connectivity index (χ3v) is 5.74. The lowest BCUT2D eigenvalue weighted by atomic mass is 10.1. The maximum absolute atomic E-state index is 12.5. The molecule has 0 fully saturated rings. The van der Waals surface area contributed by atoms with Gasteiger partial charge in [0, 0.05) is 16.8 Å². The van der Waals surface area contributed by atoms with Crippen LogP contribution in [0.4, 0.5) is 11.5 Å². The van der Waals surface area contributed by atoms with Crippen LogP contribution in [0.25, 0.3) is 22.3 Å². The minimum atomic E-state index is -0.286. The molecule has 2 aromatic carbocycles. The highest BCUT2D eigenvalue weighted by Gasteiger charge is 2.35. The average molecular weight is 433 g/mol. The van der Waals surface area contributed by atoms with Crippen molar-refractivity contribution in [1.29, 1.82) is 0 Å². The highest BCUT2D eigenvalue weighted by Crippen LogP contribution is 2.41. The number of aromatic nitrogens is 4. The lowest BCUT2D eigenvalue weighted by Gasteiger charge is -2.16. The molecule has 4 aromatic rings. The molecule has 31 heavy (non-hydrogen) atoms. The van der Waals surface area contributed by atoms with Gasteiger partial charge in [0.15, 0.2) is 5.65 Å². The molecule has 5 rings (SSSR count). The third kappa shape index (κ3) is 2.91. The molecule has 0 saturated carbocycles. The predicted molar refractivity (Wildman–Crippen MR) is 119 cm³/mol. The second kappa shape index (κ2) is 7.10. The molecule has 3 heterocycles. The summed E-state index contributed by atoms with van der Waals surface area (Å²) in [6.45, 7) is 3.98. The van der Waals surface area contributed by atoms with E-state index in [1.165, 1.54) is 18.5 Å². The van der Waals surface area contributed by atoms with Crippen molar-refractivity contribution in [2.45, 2.75) is 6.04 Å². The second-order valence-electron chi connectivity index (χ2n) is 7.14. The van der Waals surface area contributed by atoms with Crippen molar-refractivity contribution in [3.05, 3.63) is 72.0 Å². The number of anilines is 2. The van der Waals surface area contributed by atoms with Gasteiger partial charge in [-0.2, -0.15) is 5.10 Å². The van der Waals surface area contributed by atoms with E-state index in [0.717, 1.165) is 11.3 Å². The van der Waals surface area contributed by atoms with Crippen molar-refractivity contribution in [1.82, 2.24) is 19.7 Å². The number of carbonyl (C=O) groups is 1. The van der Waals surface area contributed by atoms with Crippen LogP contribution in [0.5, 0.6) is 5.75 Å². The van der Waals surface area contributed by atoms with Crippen LogP contribution in [0.1, 0.15) is 11.6 Å². The first-order valence-corrected chi connectivity index (χ1v) is 9.88. The Morgan fingerprint density at radius 3 is 2.84 bits per heavy atom. The molecule has 8 nitrogen and oxygen atoms in total. The molecular formula is C22H17ClN6O2. The highest BCUT2D eigenvalue weighted by atomic mass is 35.5. The quantitative estimate of drug-likeness (QED) is 0.479. The van der Waals surface area contributed by atoms with Crippen LogP contribution in [0, 0.1) is 0 Å². The first-order valence-electron chi connectivity index (χ1n) is 9.50. The van der Waals surface area contributed by atoms with Gasteiger partial charge < -0.3 is 15.7 Å². The average Bonchev–Trinajstić information content (AvgIpc) is 3.35. The summed E-state index contributed by atoms with van der Waals surface area (Å²) in [5, 5.41) is 15.7. The number of para-hydroxylation sites is 1. The molecule has 1 aliphatic rings. The fraction of sp³-hybridized carbons (Fsp3) is 0.0909. The Kier molecular flexibility index (Phi) is 4.37. The van der Waals surface area contributed by atoms with Gasteiger partial charge in [-0.15, -0.1) is 0 Å². The summed E-state index contributed by atoms with van der Waals surface area (Å²) in [4.78, 5) is 22.7. The number of hydrogen-bond acceptors (Lipinski definition) is 6. The Labute approximate surface area is 182 Å². The van der Waals surface area contributed by atoms with Crippen LogP contribution >= 0.6 is 11.6 Å². The summed E-state index contributed by atoms with van der Waals surface area (Å²) in [7, 11) is 0. The number of amides is 1. The summed E-state index contributed by atoms with van der Waals surface area (Å²) in [6.07, 6.45) is 2.68. The highest BCUT2D eigenvalue weighted by molar-refractivity contribution is 6.32. The fourth-order valence-corrected chi connectivity index (χ4v) is 4.11. The standard InChI is InChI=1S/C22H17ClN6O2/c1-2-18(31)28-10-16(13-5-3-4-6-15(13)28)29-22-19(21(24)25-11-26-22)20(27-29)12-7-8-14(23)17(30)9-12/h2-9,11,16,30H,1,10H2,(H2,24,25,26). The van der Waals surface area contributed by atoms with Crippen molar-refractivity contribution in [3.63, 3.8) is 0 Å². The number of benzene rings is 2.